The van der Waals surface area contributed by atoms with Crippen molar-refractivity contribution >= 4 is 27.6 Å². The average Bonchev–Trinajstić information content (AvgIpc) is 2.53. The molecule has 1 aliphatic heterocycles. The van der Waals surface area contributed by atoms with E-state index in [0.717, 1.165) is 21.6 Å². The summed E-state index contributed by atoms with van der Waals surface area (Å²) in [5, 5.41) is 0.230. The Balaban J connectivity index is 1.83. The highest BCUT2D eigenvalue weighted by molar-refractivity contribution is 8.00. The average molecular weight is 361 g/mol. The molecule has 1 heterocycles. The molecule has 126 valence electrons. The van der Waals surface area contributed by atoms with E-state index in [1.165, 1.54) is 12.1 Å². The molecule has 0 radical (unpaired) electrons. The SMILES string of the molecule is Cc1ccc(S(=O)(=O)ONC2=CC(C)Sc3ccc(C)cc32)cc1. The number of benzene rings is 2. The van der Waals surface area contributed by atoms with Gasteiger partial charge in [-0.2, -0.15) is 8.42 Å². The van der Waals surface area contributed by atoms with Crippen LogP contribution in [-0.2, 0) is 14.4 Å². The van der Waals surface area contributed by atoms with E-state index in [-0.39, 0.29) is 10.1 Å². The van der Waals surface area contributed by atoms with Gasteiger partial charge in [-0.1, -0.05) is 29.3 Å². The van der Waals surface area contributed by atoms with Gasteiger partial charge in [0.15, 0.2) is 0 Å². The minimum atomic E-state index is -3.87. The number of nitrogens with one attached hydrogen (secondary N) is 1. The van der Waals surface area contributed by atoms with E-state index in [1.807, 2.05) is 32.1 Å². The third-order valence-corrected chi connectivity index (χ3v) is 5.98. The fraction of sp³-hybridized carbons (Fsp3) is 0.222. The molecule has 4 nitrogen and oxygen atoms in total. The van der Waals surface area contributed by atoms with Gasteiger partial charge in [-0.25, -0.2) is 5.48 Å². The molecule has 6 heteroatoms. The lowest BCUT2D eigenvalue weighted by Crippen LogP contribution is -2.22. The molecule has 3 rings (SSSR count). The number of aryl methyl sites for hydroxylation is 2. The number of hydroxylamine groups is 1. The molecule has 1 N–H and O–H groups in total. The zero-order chi connectivity index (χ0) is 17.3. The van der Waals surface area contributed by atoms with Crippen molar-refractivity contribution in [3.63, 3.8) is 0 Å². The van der Waals surface area contributed by atoms with Gasteiger partial charge in [-0.05, 0) is 51.1 Å². The molecule has 1 unspecified atom stereocenters. The molecule has 24 heavy (non-hydrogen) atoms. The Labute approximate surface area is 147 Å². The molecule has 0 aliphatic carbocycles. The Morgan fingerprint density at radius 3 is 2.42 bits per heavy atom. The summed E-state index contributed by atoms with van der Waals surface area (Å²) >= 11 is 1.73. The Hall–Kier alpha value is -1.76. The summed E-state index contributed by atoms with van der Waals surface area (Å²) in [6.07, 6.45) is 1.97. The van der Waals surface area contributed by atoms with Gasteiger partial charge < -0.3 is 0 Å². The number of hydrogen-bond acceptors (Lipinski definition) is 5. The molecule has 0 saturated carbocycles. The van der Waals surface area contributed by atoms with E-state index in [2.05, 4.69) is 18.5 Å². The maximum absolute atomic E-state index is 12.3. The summed E-state index contributed by atoms with van der Waals surface area (Å²) in [7, 11) is -3.87. The number of rotatable bonds is 4. The van der Waals surface area contributed by atoms with Crippen LogP contribution in [0.3, 0.4) is 0 Å². The normalized spacial score (nSPS) is 17.1. The molecule has 0 saturated heterocycles. The molecule has 0 bridgehead atoms. The second kappa shape index (κ2) is 6.63. The highest BCUT2D eigenvalue weighted by Crippen LogP contribution is 2.37. The van der Waals surface area contributed by atoms with Gasteiger partial charge in [0.2, 0.25) is 0 Å². The monoisotopic (exact) mass is 361 g/mol. The lowest BCUT2D eigenvalue weighted by molar-refractivity contribution is 0.258. The van der Waals surface area contributed by atoms with Crippen molar-refractivity contribution in [2.75, 3.05) is 0 Å². The van der Waals surface area contributed by atoms with Gasteiger partial charge in [0.1, 0.15) is 0 Å². The van der Waals surface area contributed by atoms with Gasteiger partial charge in [-0.3, -0.25) is 0 Å². The van der Waals surface area contributed by atoms with Crippen molar-refractivity contribution in [2.24, 2.45) is 0 Å². The molecule has 1 atom stereocenters. The van der Waals surface area contributed by atoms with Crippen LogP contribution < -0.4 is 5.48 Å². The van der Waals surface area contributed by atoms with E-state index in [0.29, 0.717) is 5.70 Å². The van der Waals surface area contributed by atoms with Crippen molar-refractivity contribution in [3.05, 3.63) is 65.2 Å². The highest BCUT2D eigenvalue weighted by atomic mass is 32.2. The Morgan fingerprint density at radius 2 is 1.71 bits per heavy atom. The first-order valence-electron chi connectivity index (χ1n) is 7.61. The molecule has 0 spiro atoms. The van der Waals surface area contributed by atoms with Crippen LogP contribution in [0.1, 0.15) is 23.6 Å². The van der Waals surface area contributed by atoms with Crippen LogP contribution >= 0.6 is 11.8 Å². The lowest BCUT2D eigenvalue weighted by atomic mass is 10.1. The van der Waals surface area contributed by atoms with E-state index >= 15 is 0 Å². The lowest BCUT2D eigenvalue weighted by Gasteiger charge is -2.22. The second-order valence-corrected chi connectivity index (χ2v) is 8.82. The van der Waals surface area contributed by atoms with Crippen LogP contribution in [0.25, 0.3) is 5.70 Å². The van der Waals surface area contributed by atoms with Crippen LogP contribution in [-0.4, -0.2) is 13.7 Å². The third-order valence-electron chi connectivity index (χ3n) is 3.71. The van der Waals surface area contributed by atoms with Crippen LogP contribution in [0.2, 0.25) is 0 Å². The summed E-state index contributed by atoms with van der Waals surface area (Å²) in [4.78, 5) is 1.23. The maximum atomic E-state index is 12.3. The molecular weight excluding hydrogens is 342 g/mol. The van der Waals surface area contributed by atoms with Gasteiger partial charge in [-0.15, -0.1) is 16.0 Å². The van der Waals surface area contributed by atoms with Gasteiger partial charge in [0, 0.05) is 15.7 Å². The minimum Gasteiger partial charge on any atom is -0.249 e. The molecule has 0 aromatic heterocycles. The molecule has 0 fully saturated rings. The number of thioether (sulfide) groups is 1. The first-order valence-corrected chi connectivity index (χ1v) is 9.89. The first kappa shape index (κ1) is 17.1. The molecule has 1 aliphatic rings. The predicted octanol–water partition coefficient (Wildman–Crippen LogP) is 4.05. The minimum absolute atomic E-state index is 0.129. The quantitative estimate of drug-likeness (QED) is 0.833. The smallest absolute Gasteiger partial charge is 0.249 e. The summed E-state index contributed by atoms with van der Waals surface area (Å²) in [6.45, 7) is 5.97. The summed E-state index contributed by atoms with van der Waals surface area (Å²) in [6, 6.07) is 12.7. The maximum Gasteiger partial charge on any atom is 0.317 e. The van der Waals surface area contributed by atoms with Gasteiger partial charge >= 0.3 is 10.1 Å². The van der Waals surface area contributed by atoms with Crippen LogP contribution in [0.15, 0.2) is 58.3 Å². The molecule has 0 amide bonds. The van der Waals surface area contributed by atoms with Crippen molar-refractivity contribution in [3.8, 4) is 0 Å². The topological polar surface area (TPSA) is 55.4 Å². The molecule has 2 aromatic carbocycles. The van der Waals surface area contributed by atoms with Crippen LogP contribution in [0, 0.1) is 13.8 Å². The van der Waals surface area contributed by atoms with E-state index in [4.69, 9.17) is 4.28 Å². The van der Waals surface area contributed by atoms with E-state index < -0.39 is 10.1 Å². The van der Waals surface area contributed by atoms with Crippen molar-refractivity contribution < 1.29 is 12.7 Å². The summed E-state index contributed by atoms with van der Waals surface area (Å²) in [5.74, 6) is 0. The van der Waals surface area contributed by atoms with Crippen molar-refractivity contribution in [1.29, 1.82) is 0 Å². The Morgan fingerprint density at radius 1 is 1.04 bits per heavy atom. The molecule has 2 aromatic rings. The predicted molar refractivity (Wildman–Crippen MR) is 97.1 cm³/mol. The van der Waals surface area contributed by atoms with E-state index in [1.54, 1.807) is 23.9 Å². The zero-order valence-corrected chi connectivity index (χ0v) is 15.4. The van der Waals surface area contributed by atoms with Crippen molar-refractivity contribution in [1.82, 2.24) is 5.48 Å². The summed E-state index contributed by atoms with van der Waals surface area (Å²) < 4.78 is 29.7. The number of fused-ring (bicyclic) bond motifs is 1. The van der Waals surface area contributed by atoms with Crippen molar-refractivity contribution in [2.45, 2.75) is 35.8 Å². The fourth-order valence-corrected chi connectivity index (χ4v) is 4.27. The Kier molecular flexibility index (Phi) is 4.71. The van der Waals surface area contributed by atoms with Crippen LogP contribution in [0.4, 0.5) is 0 Å². The highest BCUT2D eigenvalue weighted by Gasteiger charge is 2.21. The zero-order valence-electron chi connectivity index (χ0n) is 13.7. The summed E-state index contributed by atoms with van der Waals surface area (Å²) in [5.41, 5.74) is 6.38. The van der Waals surface area contributed by atoms with Gasteiger partial charge in [0.05, 0.1) is 10.6 Å². The third kappa shape index (κ3) is 3.66. The fourth-order valence-electron chi connectivity index (χ4n) is 2.46. The largest absolute Gasteiger partial charge is 0.317 e. The van der Waals surface area contributed by atoms with E-state index in [9.17, 15) is 8.42 Å². The van der Waals surface area contributed by atoms with Crippen LogP contribution in [0.5, 0.6) is 0 Å². The second-order valence-electron chi connectivity index (χ2n) is 5.86. The number of hydrogen-bond donors (Lipinski definition) is 1. The van der Waals surface area contributed by atoms with Gasteiger partial charge in [0.25, 0.3) is 0 Å². The standard InChI is InChI=1S/C18H19NO3S2/c1-12-4-7-15(8-5-12)24(20,21)22-19-17-11-14(3)23-18-9-6-13(2)10-16(17)18/h4-11,14,19H,1-3H3. The Bertz CT molecular complexity index is 887. The first-order chi connectivity index (χ1) is 11.3. The molecular formula is C18H19NO3S2.